The number of hydrogen-bond donors (Lipinski definition) is 1. The number of rotatable bonds is 6. The fraction of sp³-hybridized carbons (Fsp3) is 0.0667. The van der Waals surface area contributed by atoms with Gasteiger partial charge in [0, 0.05) is 23.4 Å². The van der Waals surface area contributed by atoms with Crippen molar-refractivity contribution in [3.63, 3.8) is 0 Å². The van der Waals surface area contributed by atoms with E-state index < -0.39 is 16.6 Å². The molecule has 0 spiro atoms. The first-order chi connectivity index (χ1) is 11.0. The van der Waals surface area contributed by atoms with Crippen LogP contribution in [-0.4, -0.2) is 23.7 Å². The maximum atomic E-state index is 12.7. The average molecular weight is 317 g/mol. The molecular weight excluding hydrogens is 305 g/mol. The lowest BCUT2D eigenvalue weighted by atomic mass is 10.2. The van der Waals surface area contributed by atoms with E-state index in [0.717, 1.165) is 0 Å². The molecule has 2 aromatic rings. The van der Waals surface area contributed by atoms with Crippen molar-refractivity contribution in [1.82, 2.24) is 0 Å². The van der Waals surface area contributed by atoms with E-state index in [-0.39, 0.29) is 12.3 Å². The highest BCUT2D eigenvalue weighted by Gasteiger charge is 2.05. The molecule has 0 aromatic heterocycles. The van der Waals surface area contributed by atoms with Crippen molar-refractivity contribution in [2.75, 3.05) is 11.9 Å². The Hall–Kier alpha value is -3.29. The minimum absolute atomic E-state index is 0.0667. The molecule has 0 aliphatic rings. The number of nitro groups is 1. The van der Waals surface area contributed by atoms with E-state index >= 15 is 0 Å². The highest BCUT2D eigenvalue weighted by molar-refractivity contribution is 5.91. The van der Waals surface area contributed by atoms with E-state index in [1.54, 1.807) is 6.07 Å². The number of nitrogens with zero attached hydrogens (tertiary/aromatic N) is 2. The number of hydrogen-bond acceptors (Lipinski definition) is 5. The summed E-state index contributed by atoms with van der Waals surface area (Å²) in [7, 11) is 0. The fourth-order valence-corrected chi connectivity index (χ4v) is 1.64. The summed E-state index contributed by atoms with van der Waals surface area (Å²) in [4.78, 5) is 26.5. The highest BCUT2D eigenvalue weighted by Crippen LogP contribution is 2.11. The summed E-state index contributed by atoms with van der Waals surface area (Å²) < 4.78 is 12.7. The second-order valence-electron chi connectivity index (χ2n) is 4.42. The second-order valence-corrected chi connectivity index (χ2v) is 4.42. The van der Waals surface area contributed by atoms with Crippen molar-refractivity contribution < 1.29 is 18.9 Å². The molecule has 2 rings (SSSR count). The molecule has 0 aliphatic carbocycles. The van der Waals surface area contributed by atoms with Crippen molar-refractivity contribution >= 4 is 23.5 Å². The number of oxime groups is 1. The summed E-state index contributed by atoms with van der Waals surface area (Å²) in [6, 6.07) is 11.1. The predicted molar refractivity (Wildman–Crippen MR) is 81.7 cm³/mol. The van der Waals surface area contributed by atoms with Crippen LogP contribution in [0.15, 0.2) is 53.7 Å². The molecule has 0 bridgehead atoms. The highest BCUT2D eigenvalue weighted by atomic mass is 19.1. The standard InChI is InChI=1S/C15H12FN3O4/c16-12-4-6-13(7-5-12)18-15(20)10-23-17-9-11-2-1-3-14(8-11)19(21)22/h1-9H,10H2,(H,18,20)/b17-9-. The maximum Gasteiger partial charge on any atom is 0.270 e. The summed E-state index contributed by atoms with van der Waals surface area (Å²) in [5.74, 6) is -0.867. The van der Waals surface area contributed by atoms with Gasteiger partial charge in [-0.05, 0) is 24.3 Å². The third-order valence-electron chi connectivity index (χ3n) is 2.68. The molecule has 23 heavy (non-hydrogen) atoms. The van der Waals surface area contributed by atoms with Gasteiger partial charge >= 0.3 is 0 Å². The third-order valence-corrected chi connectivity index (χ3v) is 2.68. The van der Waals surface area contributed by atoms with E-state index in [1.165, 1.54) is 48.7 Å². The first-order valence-electron chi connectivity index (χ1n) is 6.50. The summed E-state index contributed by atoms with van der Waals surface area (Å²) in [6.45, 7) is -0.344. The SMILES string of the molecule is O=C(CO/N=C\c1cccc([N+](=O)[O-])c1)Nc1ccc(F)cc1. The van der Waals surface area contributed by atoms with Crippen LogP contribution in [0, 0.1) is 15.9 Å². The van der Waals surface area contributed by atoms with Gasteiger partial charge in [0.15, 0.2) is 6.61 Å². The quantitative estimate of drug-likeness (QED) is 0.503. The minimum atomic E-state index is -0.520. The normalized spacial score (nSPS) is 10.5. The number of carbonyl (C=O) groups is 1. The van der Waals surface area contributed by atoms with Crippen LogP contribution in [0.2, 0.25) is 0 Å². The molecule has 0 unspecified atom stereocenters. The van der Waals surface area contributed by atoms with Crippen LogP contribution in [0.4, 0.5) is 15.8 Å². The van der Waals surface area contributed by atoms with Gasteiger partial charge in [-0.3, -0.25) is 14.9 Å². The van der Waals surface area contributed by atoms with Gasteiger partial charge in [0.2, 0.25) is 0 Å². The Morgan fingerprint density at radius 1 is 1.30 bits per heavy atom. The topological polar surface area (TPSA) is 93.8 Å². The van der Waals surface area contributed by atoms with Gasteiger partial charge in [-0.2, -0.15) is 0 Å². The number of nitro benzene ring substituents is 1. The van der Waals surface area contributed by atoms with Crippen LogP contribution in [0.3, 0.4) is 0 Å². The van der Waals surface area contributed by atoms with E-state index in [9.17, 15) is 19.3 Å². The van der Waals surface area contributed by atoms with Gasteiger partial charge < -0.3 is 10.2 Å². The maximum absolute atomic E-state index is 12.7. The number of benzene rings is 2. The van der Waals surface area contributed by atoms with Gasteiger partial charge in [0.05, 0.1) is 11.1 Å². The number of anilines is 1. The van der Waals surface area contributed by atoms with Gasteiger partial charge in [-0.25, -0.2) is 4.39 Å². The smallest absolute Gasteiger partial charge is 0.270 e. The van der Waals surface area contributed by atoms with Crippen LogP contribution in [0.1, 0.15) is 5.56 Å². The minimum Gasteiger partial charge on any atom is -0.386 e. The molecule has 0 saturated heterocycles. The van der Waals surface area contributed by atoms with Crippen LogP contribution >= 0.6 is 0 Å². The number of non-ortho nitro benzene ring substituents is 1. The lowest BCUT2D eigenvalue weighted by Gasteiger charge is -2.03. The summed E-state index contributed by atoms with van der Waals surface area (Å²) >= 11 is 0. The monoisotopic (exact) mass is 317 g/mol. The Balaban J connectivity index is 1.82. The predicted octanol–water partition coefficient (Wildman–Crippen LogP) is 2.72. The molecule has 0 fully saturated rings. The van der Waals surface area contributed by atoms with Crippen LogP contribution in [-0.2, 0) is 9.63 Å². The number of carbonyl (C=O) groups excluding carboxylic acids is 1. The molecule has 0 heterocycles. The van der Waals surface area contributed by atoms with Crippen molar-refractivity contribution in [3.05, 3.63) is 70.0 Å². The number of halogens is 1. The van der Waals surface area contributed by atoms with Crippen LogP contribution in [0.25, 0.3) is 0 Å². The molecule has 1 N–H and O–H groups in total. The zero-order valence-electron chi connectivity index (χ0n) is 11.8. The largest absolute Gasteiger partial charge is 0.386 e. The molecule has 8 heteroatoms. The first-order valence-corrected chi connectivity index (χ1v) is 6.50. The van der Waals surface area contributed by atoms with E-state index in [0.29, 0.717) is 11.3 Å². The average Bonchev–Trinajstić information content (AvgIpc) is 2.54. The van der Waals surface area contributed by atoms with Gasteiger partial charge in [0.25, 0.3) is 11.6 Å². The molecule has 2 aromatic carbocycles. The summed E-state index contributed by atoms with van der Waals surface area (Å²) in [5, 5.41) is 16.7. The Kier molecular flexibility index (Phi) is 5.35. The Labute approximate surface area is 130 Å². The van der Waals surface area contributed by atoms with Crippen molar-refractivity contribution in [1.29, 1.82) is 0 Å². The molecule has 0 radical (unpaired) electrons. The molecule has 0 saturated carbocycles. The molecule has 1 amide bonds. The third kappa shape index (κ3) is 5.20. The lowest BCUT2D eigenvalue weighted by molar-refractivity contribution is -0.384. The van der Waals surface area contributed by atoms with Crippen LogP contribution < -0.4 is 5.32 Å². The molecular formula is C15H12FN3O4. The van der Waals surface area contributed by atoms with Gasteiger partial charge in [0.1, 0.15) is 5.82 Å². The Morgan fingerprint density at radius 2 is 2.04 bits per heavy atom. The first kappa shape index (κ1) is 16.1. The number of nitrogens with one attached hydrogen (secondary N) is 1. The fourth-order valence-electron chi connectivity index (χ4n) is 1.64. The molecule has 0 aliphatic heterocycles. The summed E-state index contributed by atoms with van der Waals surface area (Å²) in [6.07, 6.45) is 1.26. The van der Waals surface area contributed by atoms with Crippen molar-refractivity contribution in [2.24, 2.45) is 5.16 Å². The van der Waals surface area contributed by atoms with E-state index in [1.807, 2.05) is 0 Å². The van der Waals surface area contributed by atoms with Crippen molar-refractivity contribution in [3.8, 4) is 0 Å². The molecule has 118 valence electrons. The van der Waals surface area contributed by atoms with Gasteiger partial charge in [-0.1, -0.05) is 17.3 Å². The lowest BCUT2D eigenvalue weighted by Crippen LogP contribution is -2.16. The molecule has 0 atom stereocenters. The van der Waals surface area contributed by atoms with E-state index in [2.05, 4.69) is 10.5 Å². The van der Waals surface area contributed by atoms with Crippen molar-refractivity contribution in [2.45, 2.75) is 0 Å². The zero-order valence-corrected chi connectivity index (χ0v) is 11.8. The Bertz CT molecular complexity index is 732. The van der Waals surface area contributed by atoms with Gasteiger partial charge in [-0.15, -0.1) is 0 Å². The zero-order chi connectivity index (χ0) is 16.7. The number of amides is 1. The molecule has 7 nitrogen and oxygen atoms in total. The Morgan fingerprint density at radius 3 is 2.74 bits per heavy atom. The van der Waals surface area contributed by atoms with E-state index in [4.69, 9.17) is 4.84 Å². The summed E-state index contributed by atoms with van der Waals surface area (Å²) in [5.41, 5.74) is 0.837. The second kappa shape index (κ2) is 7.64. The van der Waals surface area contributed by atoms with Crippen LogP contribution in [0.5, 0.6) is 0 Å².